The predicted octanol–water partition coefficient (Wildman–Crippen LogP) is 20.9. The molecule has 2 aliphatic carbocycles. The third kappa shape index (κ3) is 6.92. The van der Waals surface area contributed by atoms with Crippen molar-refractivity contribution < 1.29 is 4.74 Å². The summed E-state index contributed by atoms with van der Waals surface area (Å²) in [6, 6.07) is 105. The molecule has 0 N–H and O–H groups in total. The fraction of sp³-hybridized carbons (Fsp3) is 0.0513. The standard InChI is InChI=1S/C78H53NO/c1-77(2)69-27-15-13-26-66(69)68-49-61(40-44-70(68)77)79(62-46-58(50-17-5-3-6-18-50)45-59(47-62)51-19-7-4-8-20-51)60-38-33-53(34-39-60)52-29-31-54(32-30-52)57-35-41-67-65-25-14-16-28-71(65)78(74(67)48-57)72-42-36-55-21-9-11-23-63(55)75(72)80-76-64-24-12-10-22-56(64)37-43-73(76)78/h3-49H,1-2H3. The van der Waals surface area contributed by atoms with Crippen LogP contribution in [0.15, 0.2) is 285 Å². The molecule has 16 rings (SSSR count). The van der Waals surface area contributed by atoms with E-state index in [1.54, 1.807) is 0 Å². The molecule has 3 aliphatic rings. The van der Waals surface area contributed by atoms with Crippen LogP contribution in [0.3, 0.4) is 0 Å². The third-order valence-corrected chi connectivity index (χ3v) is 17.7. The summed E-state index contributed by atoms with van der Waals surface area (Å²) in [4.78, 5) is 2.44. The lowest BCUT2D eigenvalue weighted by atomic mass is 9.65. The first kappa shape index (κ1) is 46.1. The van der Waals surface area contributed by atoms with Gasteiger partial charge in [0.15, 0.2) is 0 Å². The molecule has 0 unspecified atom stereocenters. The first-order chi connectivity index (χ1) is 39.4. The molecule has 1 heterocycles. The van der Waals surface area contributed by atoms with Gasteiger partial charge in [0, 0.05) is 44.4 Å². The second kappa shape index (κ2) is 17.8. The van der Waals surface area contributed by atoms with Crippen LogP contribution in [0.2, 0.25) is 0 Å². The molecule has 13 aromatic rings. The molecule has 1 aliphatic heterocycles. The normalized spacial score (nSPS) is 13.7. The zero-order valence-corrected chi connectivity index (χ0v) is 44.5. The average Bonchev–Trinajstić information content (AvgIpc) is 4.15. The van der Waals surface area contributed by atoms with Gasteiger partial charge in [-0.05, 0) is 148 Å². The fourth-order valence-electron chi connectivity index (χ4n) is 13.9. The van der Waals surface area contributed by atoms with Crippen molar-refractivity contribution in [3.8, 4) is 78.3 Å². The molecule has 1 spiro atoms. The Bertz CT molecular complexity index is 4490. The number of benzene rings is 13. The van der Waals surface area contributed by atoms with Gasteiger partial charge < -0.3 is 9.64 Å². The van der Waals surface area contributed by atoms with Crippen LogP contribution in [-0.4, -0.2) is 0 Å². The summed E-state index contributed by atoms with van der Waals surface area (Å²) in [6.07, 6.45) is 0. The van der Waals surface area contributed by atoms with Crippen LogP contribution >= 0.6 is 0 Å². The van der Waals surface area contributed by atoms with E-state index in [1.807, 2.05) is 0 Å². The van der Waals surface area contributed by atoms with Gasteiger partial charge in [-0.15, -0.1) is 0 Å². The predicted molar refractivity (Wildman–Crippen MR) is 333 cm³/mol. The van der Waals surface area contributed by atoms with Gasteiger partial charge in [-0.25, -0.2) is 0 Å². The minimum absolute atomic E-state index is 0.0938. The molecule has 0 fully saturated rings. The van der Waals surface area contributed by atoms with Crippen molar-refractivity contribution in [2.75, 3.05) is 4.90 Å². The van der Waals surface area contributed by atoms with Crippen LogP contribution in [-0.2, 0) is 10.8 Å². The molecule has 13 aromatic carbocycles. The number of rotatable bonds is 7. The maximum Gasteiger partial charge on any atom is 0.140 e. The first-order valence-corrected chi connectivity index (χ1v) is 27.9. The van der Waals surface area contributed by atoms with E-state index in [9.17, 15) is 0 Å². The number of fused-ring (bicyclic) bond motifs is 16. The van der Waals surface area contributed by atoms with Crippen molar-refractivity contribution in [1.29, 1.82) is 0 Å². The lowest BCUT2D eigenvalue weighted by Crippen LogP contribution is -2.32. The van der Waals surface area contributed by atoms with Gasteiger partial charge in [-0.2, -0.15) is 0 Å². The van der Waals surface area contributed by atoms with Gasteiger partial charge in [0.2, 0.25) is 0 Å². The van der Waals surface area contributed by atoms with Crippen LogP contribution in [0, 0.1) is 0 Å². The van der Waals surface area contributed by atoms with Gasteiger partial charge in [0.25, 0.3) is 0 Å². The second-order valence-electron chi connectivity index (χ2n) is 22.3. The molecule has 2 heteroatoms. The summed E-state index contributed by atoms with van der Waals surface area (Å²) in [5, 5.41) is 4.57. The highest BCUT2D eigenvalue weighted by Crippen LogP contribution is 2.64. The molecule has 0 atom stereocenters. The molecule has 376 valence electrons. The van der Waals surface area contributed by atoms with E-state index in [1.165, 1.54) is 89.0 Å². The molecule has 0 saturated carbocycles. The summed E-state index contributed by atoms with van der Waals surface area (Å²) in [5.41, 5.74) is 24.7. The zero-order chi connectivity index (χ0) is 53.1. The molecule has 0 aromatic heterocycles. The Hall–Kier alpha value is -10.0. The van der Waals surface area contributed by atoms with Crippen LogP contribution in [0.4, 0.5) is 17.1 Å². The van der Waals surface area contributed by atoms with Gasteiger partial charge in [0.05, 0.1) is 5.41 Å². The SMILES string of the molecule is CC1(C)c2ccccc2-c2cc(N(c3ccc(-c4ccc(-c5ccc6c(c5)C5(c7ccccc7-6)c6ccc7ccccc7c6Oc6c5ccc5ccccc65)cc4)cc3)c3cc(-c4ccccc4)cc(-c4ccccc4)c3)ccc21. The number of nitrogens with zero attached hydrogens (tertiary/aromatic N) is 1. The Morgan fingerprint density at radius 2 is 0.700 bits per heavy atom. The Kier molecular flexibility index (Phi) is 10.2. The molecule has 0 amide bonds. The van der Waals surface area contributed by atoms with Crippen LogP contribution in [0.5, 0.6) is 11.5 Å². The van der Waals surface area contributed by atoms with Crippen molar-refractivity contribution >= 4 is 38.6 Å². The third-order valence-electron chi connectivity index (χ3n) is 17.7. The first-order valence-electron chi connectivity index (χ1n) is 27.9. The highest BCUT2D eigenvalue weighted by atomic mass is 16.5. The summed E-state index contributed by atoms with van der Waals surface area (Å²) in [7, 11) is 0. The number of hydrogen-bond acceptors (Lipinski definition) is 2. The monoisotopic (exact) mass is 1020 g/mol. The van der Waals surface area contributed by atoms with Crippen molar-refractivity contribution in [2.45, 2.75) is 24.7 Å². The molecule has 80 heavy (non-hydrogen) atoms. The van der Waals surface area contributed by atoms with Crippen molar-refractivity contribution in [1.82, 2.24) is 0 Å². The Morgan fingerprint density at radius 3 is 1.31 bits per heavy atom. The molecular formula is C78H53NO. The minimum Gasteiger partial charge on any atom is -0.455 e. The Labute approximate surface area is 467 Å². The summed E-state index contributed by atoms with van der Waals surface area (Å²) < 4.78 is 7.23. The van der Waals surface area contributed by atoms with E-state index in [-0.39, 0.29) is 5.41 Å². The van der Waals surface area contributed by atoms with Crippen molar-refractivity contribution in [3.05, 3.63) is 318 Å². The topological polar surface area (TPSA) is 12.5 Å². The number of hydrogen-bond donors (Lipinski definition) is 0. The van der Waals surface area contributed by atoms with Crippen LogP contribution < -0.4 is 9.64 Å². The molecule has 0 bridgehead atoms. The number of anilines is 3. The maximum atomic E-state index is 7.23. The van der Waals surface area contributed by atoms with E-state index >= 15 is 0 Å². The fourth-order valence-corrected chi connectivity index (χ4v) is 13.9. The largest absolute Gasteiger partial charge is 0.455 e. The summed E-state index contributed by atoms with van der Waals surface area (Å²) in [6.45, 7) is 4.70. The van der Waals surface area contributed by atoms with Crippen molar-refractivity contribution in [2.24, 2.45) is 0 Å². The Morgan fingerprint density at radius 1 is 0.263 bits per heavy atom. The van der Waals surface area contributed by atoms with Gasteiger partial charge in [-0.1, -0.05) is 250 Å². The smallest absolute Gasteiger partial charge is 0.140 e. The quantitative estimate of drug-likeness (QED) is 0.158. The molecule has 2 nitrogen and oxygen atoms in total. The van der Waals surface area contributed by atoms with E-state index in [4.69, 9.17) is 4.74 Å². The van der Waals surface area contributed by atoms with Crippen LogP contribution in [0.1, 0.15) is 47.2 Å². The Balaban J connectivity index is 0.804. The van der Waals surface area contributed by atoms with Gasteiger partial charge in [0.1, 0.15) is 11.5 Å². The van der Waals surface area contributed by atoms with E-state index < -0.39 is 5.41 Å². The minimum atomic E-state index is -0.610. The highest BCUT2D eigenvalue weighted by Gasteiger charge is 2.52. The maximum absolute atomic E-state index is 7.23. The van der Waals surface area contributed by atoms with Gasteiger partial charge in [-0.3, -0.25) is 0 Å². The summed E-state index contributed by atoms with van der Waals surface area (Å²) in [5.74, 6) is 1.86. The van der Waals surface area contributed by atoms with E-state index in [0.717, 1.165) is 61.2 Å². The van der Waals surface area contributed by atoms with Gasteiger partial charge >= 0.3 is 0 Å². The molecular weight excluding hydrogens is 967 g/mol. The van der Waals surface area contributed by atoms with E-state index in [0.29, 0.717) is 0 Å². The van der Waals surface area contributed by atoms with Crippen molar-refractivity contribution in [3.63, 3.8) is 0 Å². The highest BCUT2D eigenvalue weighted by molar-refractivity contribution is 6.00. The second-order valence-corrected chi connectivity index (χ2v) is 22.3. The average molecular weight is 1020 g/mol. The number of ether oxygens (including phenoxy) is 1. The van der Waals surface area contributed by atoms with Crippen LogP contribution in [0.25, 0.3) is 88.3 Å². The summed E-state index contributed by atoms with van der Waals surface area (Å²) >= 11 is 0. The lowest BCUT2D eigenvalue weighted by Gasteiger charge is -2.40. The molecule has 0 saturated heterocycles. The molecule has 0 radical (unpaired) electrons. The lowest BCUT2D eigenvalue weighted by molar-refractivity contribution is 0.447. The van der Waals surface area contributed by atoms with E-state index in [2.05, 4.69) is 304 Å². The zero-order valence-electron chi connectivity index (χ0n) is 44.5.